The lowest BCUT2D eigenvalue weighted by molar-refractivity contribution is 0.230. The molecule has 0 aliphatic rings. The molecule has 0 radical (unpaired) electrons. The molecule has 0 spiro atoms. The molecule has 1 aromatic carbocycles. The summed E-state index contributed by atoms with van der Waals surface area (Å²) >= 11 is 0. The second-order valence-corrected chi connectivity index (χ2v) is 4.82. The van der Waals surface area contributed by atoms with Crippen molar-refractivity contribution < 1.29 is 9.47 Å². The van der Waals surface area contributed by atoms with Crippen LogP contribution in [0.5, 0.6) is 11.5 Å². The average molecular weight is 266 g/mol. The Morgan fingerprint density at radius 2 is 2.00 bits per heavy atom. The third kappa shape index (κ3) is 5.94. The van der Waals surface area contributed by atoms with E-state index >= 15 is 0 Å². The van der Waals surface area contributed by atoms with E-state index in [4.69, 9.17) is 15.2 Å². The van der Waals surface area contributed by atoms with Crippen molar-refractivity contribution in [3.8, 4) is 11.5 Å². The van der Waals surface area contributed by atoms with Crippen LogP contribution in [-0.4, -0.2) is 26.3 Å². The van der Waals surface area contributed by atoms with E-state index < -0.39 is 0 Å². The number of nitrogens with one attached hydrogen (secondary N) is 1. The van der Waals surface area contributed by atoms with Crippen LogP contribution in [0.15, 0.2) is 18.2 Å². The molecule has 0 amide bonds. The summed E-state index contributed by atoms with van der Waals surface area (Å²) < 4.78 is 11.1. The second-order valence-electron chi connectivity index (χ2n) is 4.82. The Hall–Kier alpha value is -1.26. The van der Waals surface area contributed by atoms with E-state index in [2.05, 4.69) is 11.4 Å². The molecular formula is C15H26N2O2. The van der Waals surface area contributed by atoms with E-state index in [1.165, 1.54) is 5.56 Å². The van der Waals surface area contributed by atoms with Gasteiger partial charge >= 0.3 is 0 Å². The molecule has 0 fully saturated rings. The maximum Gasteiger partial charge on any atom is 0.161 e. The van der Waals surface area contributed by atoms with Gasteiger partial charge in [-0.1, -0.05) is 6.07 Å². The molecule has 0 bridgehead atoms. The lowest BCUT2D eigenvalue weighted by Gasteiger charge is -2.14. The van der Waals surface area contributed by atoms with Gasteiger partial charge in [-0.2, -0.15) is 0 Å². The lowest BCUT2D eigenvalue weighted by atomic mass is 10.2. The maximum atomic E-state index is 5.69. The Morgan fingerprint density at radius 3 is 2.63 bits per heavy atom. The first-order valence-corrected chi connectivity index (χ1v) is 6.91. The summed E-state index contributed by atoms with van der Waals surface area (Å²) in [5.41, 5.74) is 6.65. The molecule has 0 aliphatic carbocycles. The minimum atomic E-state index is 0.147. The van der Waals surface area contributed by atoms with Gasteiger partial charge in [-0.05, 0) is 57.5 Å². The largest absolute Gasteiger partial charge is 0.493 e. The van der Waals surface area contributed by atoms with Crippen molar-refractivity contribution in [3.63, 3.8) is 0 Å². The quantitative estimate of drug-likeness (QED) is 0.673. The van der Waals surface area contributed by atoms with Gasteiger partial charge in [-0.25, -0.2) is 0 Å². The molecule has 0 saturated carbocycles. The number of ether oxygens (including phenoxy) is 2. The summed E-state index contributed by atoms with van der Waals surface area (Å²) in [6.07, 6.45) is 2.33. The molecule has 19 heavy (non-hydrogen) atoms. The first kappa shape index (κ1) is 15.8. The van der Waals surface area contributed by atoms with Crippen molar-refractivity contribution in [3.05, 3.63) is 23.8 Å². The summed E-state index contributed by atoms with van der Waals surface area (Å²) in [5.74, 6) is 1.58. The summed E-state index contributed by atoms with van der Waals surface area (Å²) in [5, 5.41) is 3.40. The predicted molar refractivity (Wildman–Crippen MR) is 78.8 cm³/mol. The van der Waals surface area contributed by atoms with Gasteiger partial charge in [0.25, 0.3) is 0 Å². The van der Waals surface area contributed by atoms with Crippen LogP contribution in [0.4, 0.5) is 0 Å². The smallest absolute Gasteiger partial charge is 0.161 e. The second kappa shape index (κ2) is 8.77. The summed E-state index contributed by atoms with van der Waals surface area (Å²) in [4.78, 5) is 0. The first-order chi connectivity index (χ1) is 9.17. The number of rotatable bonds is 9. The first-order valence-electron chi connectivity index (χ1n) is 6.91. The molecule has 108 valence electrons. The van der Waals surface area contributed by atoms with Crippen molar-refractivity contribution in [1.29, 1.82) is 0 Å². The molecule has 0 aliphatic heterocycles. The average Bonchev–Trinajstić information content (AvgIpc) is 2.39. The zero-order valence-electron chi connectivity index (χ0n) is 12.2. The standard InChI is InChI=1S/C15H26N2O2/c1-12(2)19-14-7-6-13(10-15(14)18-3)11-17-9-5-4-8-16/h6-7,10,12,17H,4-5,8-9,11,16H2,1-3H3. The van der Waals surface area contributed by atoms with Crippen molar-refractivity contribution in [2.24, 2.45) is 5.73 Å². The molecular weight excluding hydrogens is 240 g/mol. The van der Waals surface area contributed by atoms with E-state index in [1.807, 2.05) is 26.0 Å². The zero-order valence-corrected chi connectivity index (χ0v) is 12.2. The van der Waals surface area contributed by atoms with Crippen LogP contribution in [-0.2, 0) is 6.54 Å². The Labute approximate surface area is 116 Å². The highest BCUT2D eigenvalue weighted by Gasteiger charge is 2.07. The van der Waals surface area contributed by atoms with E-state index in [9.17, 15) is 0 Å². The summed E-state index contributed by atoms with van der Waals surface area (Å²) in [7, 11) is 1.67. The van der Waals surface area contributed by atoms with Gasteiger partial charge in [0.2, 0.25) is 0 Å². The van der Waals surface area contributed by atoms with Crippen LogP contribution in [0, 0.1) is 0 Å². The molecule has 0 heterocycles. The van der Waals surface area contributed by atoms with Gasteiger partial charge < -0.3 is 20.5 Å². The molecule has 0 unspecified atom stereocenters. The Bertz CT molecular complexity index is 367. The fourth-order valence-electron chi connectivity index (χ4n) is 1.80. The highest BCUT2D eigenvalue weighted by molar-refractivity contribution is 5.43. The van der Waals surface area contributed by atoms with E-state index in [0.717, 1.165) is 44.0 Å². The highest BCUT2D eigenvalue weighted by Crippen LogP contribution is 2.28. The monoisotopic (exact) mass is 266 g/mol. The Kier molecular flexibility index (Phi) is 7.30. The van der Waals surface area contributed by atoms with Crippen molar-refractivity contribution in [2.75, 3.05) is 20.2 Å². The van der Waals surface area contributed by atoms with Gasteiger partial charge in [-0.3, -0.25) is 0 Å². The molecule has 0 aromatic heterocycles. The molecule has 4 heteroatoms. The van der Waals surface area contributed by atoms with Gasteiger partial charge in [0, 0.05) is 6.54 Å². The van der Waals surface area contributed by atoms with Crippen LogP contribution in [0.25, 0.3) is 0 Å². The number of unbranched alkanes of at least 4 members (excludes halogenated alkanes) is 1. The van der Waals surface area contributed by atoms with Crippen LogP contribution < -0.4 is 20.5 Å². The van der Waals surface area contributed by atoms with Crippen molar-refractivity contribution in [2.45, 2.75) is 39.3 Å². The number of hydrogen-bond donors (Lipinski definition) is 2. The molecule has 1 aromatic rings. The van der Waals surface area contributed by atoms with E-state index in [1.54, 1.807) is 7.11 Å². The SMILES string of the molecule is COc1cc(CNCCCCN)ccc1OC(C)C. The molecule has 4 nitrogen and oxygen atoms in total. The fourth-order valence-corrected chi connectivity index (χ4v) is 1.80. The van der Waals surface area contributed by atoms with Gasteiger partial charge in [0.15, 0.2) is 11.5 Å². The van der Waals surface area contributed by atoms with Gasteiger partial charge in [0.1, 0.15) is 0 Å². The molecule has 0 saturated heterocycles. The Morgan fingerprint density at radius 1 is 1.21 bits per heavy atom. The summed E-state index contributed by atoms with van der Waals surface area (Å²) in [6, 6.07) is 6.06. The van der Waals surface area contributed by atoms with Crippen molar-refractivity contribution >= 4 is 0 Å². The highest BCUT2D eigenvalue weighted by atomic mass is 16.5. The minimum Gasteiger partial charge on any atom is -0.493 e. The lowest BCUT2D eigenvalue weighted by Crippen LogP contribution is -2.16. The molecule has 0 atom stereocenters. The molecule has 1 rings (SSSR count). The van der Waals surface area contributed by atoms with Crippen LogP contribution >= 0.6 is 0 Å². The minimum absolute atomic E-state index is 0.147. The van der Waals surface area contributed by atoms with Gasteiger partial charge in [0.05, 0.1) is 13.2 Å². The van der Waals surface area contributed by atoms with Crippen molar-refractivity contribution in [1.82, 2.24) is 5.32 Å². The summed E-state index contributed by atoms with van der Waals surface area (Å²) in [6.45, 7) is 6.60. The number of nitrogens with two attached hydrogens (primary N) is 1. The zero-order chi connectivity index (χ0) is 14.1. The topological polar surface area (TPSA) is 56.5 Å². The predicted octanol–water partition coefficient (Wildman–Crippen LogP) is 2.31. The van der Waals surface area contributed by atoms with E-state index in [0.29, 0.717) is 0 Å². The number of methoxy groups -OCH3 is 1. The van der Waals surface area contributed by atoms with Crippen LogP contribution in [0.1, 0.15) is 32.3 Å². The van der Waals surface area contributed by atoms with E-state index in [-0.39, 0.29) is 6.10 Å². The normalized spacial score (nSPS) is 10.8. The van der Waals surface area contributed by atoms with Crippen LogP contribution in [0.3, 0.4) is 0 Å². The third-order valence-electron chi connectivity index (χ3n) is 2.73. The maximum absolute atomic E-state index is 5.69. The fraction of sp³-hybridized carbons (Fsp3) is 0.600. The third-order valence-corrected chi connectivity index (χ3v) is 2.73. The number of hydrogen-bond acceptors (Lipinski definition) is 4. The molecule has 3 N–H and O–H groups in total. The van der Waals surface area contributed by atoms with Gasteiger partial charge in [-0.15, -0.1) is 0 Å². The van der Waals surface area contributed by atoms with Crippen LogP contribution in [0.2, 0.25) is 0 Å². The Balaban J connectivity index is 2.51. The number of benzene rings is 1.